The Labute approximate surface area is 112 Å². The highest BCUT2D eigenvalue weighted by molar-refractivity contribution is 4.98. The van der Waals surface area contributed by atoms with Gasteiger partial charge in [-0.1, -0.05) is 13.3 Å². The molecule has 1 saturated carbocycles. The van der Waals surface area contributed by atoms with Gasteiger partial charge in [0.05, 0.1) is 0 Å². The van der Waals surface area contributed by atoms with Crippen LogP contribution >= 0.6 is 0 Å². The number of ether oxygens (including phenoxy) is 1. The molecule has 1 saturated heterocycles. The van der Waals surface area contributed by atoms with E-state index in [-0.39, 0.29) is 0 Å². The molecule has 0 bridgehead atoms. The van der Waals surface area contributed by atoms with E-state index in [1.165, 1.54) is 45.1 Å². The molecule has 2 fully saturated rings. The Balaban J connectivity index is 1.90. The van der Waals surface area contributed by atoms with Crippen molar-refractivity contribution in [3.63, 3.8) is 0 Å². The topological polar surface area (TPSA) is 38.5 Å². The quantitative estimate of drug-likeness (QED) is 0.818. The summed E-state index contributed by atoms with van der Waals surface area (Å²) < 4.78 is 5.45. The fourth-order valence-corrected chi connectivity index (χ4v) is 3.76. The molecule has 18 heavy (non-hydrogen) atoms. The first-order chi connectivity index (χ1) is 8.70. The SMILES string of the molecule is CCC1CCC(CN)(N(C)CC2CCOCC2)C1. The molecule has 2 atom stereocenters. The highest BCUT2D eigenvalue weighted by atomic mass is 16.5. The van der Waals surface area contributed by atoms with E-state index in [9.17, 15) is 0 Å². The molecule has 0 aromatic rings. The predicted molar refractivity (Wildman–Crippen MR) is 75.6 cm³/mol. The van der Waals surface area contributed by atoms with Crippen LogP contribution in [0.25, 0.3) is 0 Å². The molecule has 1 aliphatic heterocycles. The van der Waals surface area contributed by atoms with Gasteiger partial charge in [0.1, 0.15) is 0 Å². The Morgan fingerprint density at radius 3 is 2.50 bits per heavy atom. The van der Waals surface area contributed by atoms with Crippen LogP contribution in [-0.4, -0.2) is 43.8 Å². The zero-order valence-electron chi connectivity index (χ0n) is 12.2. The summed E-state index contributed by atoms with van der Waals surface area (Å²) in [5, 5.41) is 0. The van der Waals surface area contributed by atoms with Crippen LogP contribution in [-0.2, 0) is 4.74 Å². The van der Waals surface area contributed by atoms with Crippen LogP contribution in [0, 0.1) is 11.8 Å². The first kappa shape index (κ1) is 14.3. The van der Waals surface area contributed by atoms with Crippen LogP contribution in [0.3, 0.4) is 0 Å². The summed E-state index contributed by atoms with van der Waals surface area (Å²) in [6.45, 7) is 6.24. The van der Waals surface area contributed by atoms with E-state index in [1.807, 2.05) is 0 Å². The van der Waals surface area contributed by atoms with Crippen molar-refractivity contribution in [1.29, 1.82) is 0 Å². The monoisotopic (exact) mass is 254 g/mol. The van der Waals surface area contributed by atoms with Crippen LogP contribution in [0.2, 0.25) is 0 Å². The van der Waals surface area contributed by atoms with Crippen molar-refractivity contribution in [2.75, 3.05) is 33.4 Å². The molecule has 0 amide bonds. The van der Waals surface area contributed by atoms with Crippen LogP contribution in [0.4, 0.5) is 0 Å². The minimum absolute atomic E-state index is 0.291. The first-order valence-corrected chi connectivity index (χ1v) is 7.69. The summed E-state index contributed by atoms with van der Waals surface area (Å²) in [6.07, 6.45) is 7.73. The number of hydrogen-bond acceptors (Lipinski definition) is 3. The van der Waals surface area contributed by atoms with E-state index in [0.29, 0.717) is 5.54 Å². The van der Waals surface area contributed by atoms with E-state index in [4.69, 9.17) is 10.5 Å². The molecular formula is C15H30N2O. The summed E-state index contributed by atoms with van der Waals surface area (Å²) in [6, 6.07) is 0. The lowest BCUT2D eigenvalue weighted by Gasteiger charge is -2.41. The smallest absolute Gasteiger partial charge is 0.0469 e. The molecule has 0 spiro atoms. The van der Waals surface area contributed by atoms with Crippen LogP contribution in [0.5, 0.6) is 0 Å². The highest BCUT2D eigenvalue weighted by Crippen LogP contribution is 2.40. The molecule has 2 N–H and O–H groups in total. The van der Waals surface area contributed by atoms with E-state index in [2.05, 4.69) is 18.9 Å². The van der Waals surface area contributed by atoms with Crippen molar-refractivity contribution in [3.05, 3.63) is 0 Å². The van der Waals surface area contributed by atoms with Gasteiger partial charge in [0, 0.05) is 31.8 Å². The van der Waals surface area contributed by atoms with Gasteiger partial charge in [0.25, 0.3) is 0 Å². The summed E-state index contributed by atoms with van der Waals surface area (Å²) in [7, 11) is 2.29. The lowest BCUT2D eigenvalue weighted by Crippen LogP contribution is -2.52. The summed E-state index contributed by atoms with van der Waals surface area (Å²) in [4.78, 5) is 2.58. The molecule has 3 nitrogen and oxygen atoms in total. The van der Waals surface area contributed by atoms with Gasteiger partial charge < -0.3 is 10.5 Å². The number of likely N-dealkylation sites (N-methyl/N-ethyl adjacent to an activating group) is 1. The van der Waals surface area contributed by atoms with Crippen LogP contribution in [0.15, 0.2) is 0 Å². The predicted octanol–water partition coefficient (Wildman–Crippen LogP) is 2.25. The third-order valence-corrected chi connectivity index (χ3v) is 5.33. The minimum Gasteiger partial charge on any atom is -0.381 e. The van der Waals surface area contributed by atoms with E-state index < -0.39 is 0 Å². The van der Waals surface area contributed by atoms with Gasteiger partial charge in [-0.25, -0.2) is 0 Å². The largest absolute Gasteiger partial charge is 0.381 e. The lowest BCUT2D eigenvalue weighted by molar-refractivity contribution is 0.0344. The fraction of sp³-hybridized carbons (Fsp3) is 1.00. The zero-order chi connectivity index (χ0) is 13.0. The number of rotatable bonds is 5. The highest BCUT2D eigenvalue weighted by Gasteiger charge is 2.41. The summed E-state index contributed by atoms with van der Waals surface area (Å²) >= 11 is 0. The second-order valence-electron chi connectivity index (χ2n) is 6.38. The van der Waals surface area contributed by atoms with Crippen molar-refractivity contribution >= 4 is 0 Å². The van der Waals surface area contributed by atoms with Gasteiger partial charge in [-0.05, 0) is 51.0 Å². The van der Waals surface area contributed by atoms with Crippen molar-refractivity contribution in [1.82, 2.24) is 4.90 Å². The summed E-state index contributed by atoms with van der Waals surface area (Å²) in [5.74, 6) is 1.71. The average Bonchev–Trinajstić information content (AvgIpc) is 2.85. The van der Waals surface area contributed by atoms with Gasteiger partial charge in [-0.2, -0.15) is 0 Å². The van der Waals surface area contributed by atoms with Gasteiger partial charge in [0.2, 0.25) is 0 Å². The number of nitrogens with zero attached hydrogens (tertiary/aromatic N) is 1. The molecule has 1 aliphatic carbocycles. The van der Waals surface area contributed by atoms with Crippen molar-refractivity contribution in [2.45, 2.75) is 51.0 Å². The van der Waals surface area contributed by atoms with Crippen molar-refractivity contribution < 1.29 is 4.74 Å². The fourth-order valence-electron chi connectivity index (χ4n) is 3.76. The molecule has 2 rings (SSSR count). The Bertz CT molecular complexity index is 253. The molecule has 0 aromatic carbocycles. The molecule has 0 radical (unpaired) electrons. The van der Waals surface area contributed by atoms with Crippen molar-refractivity contribution in [2.24, 2.45) is 17.6 Å². The van der Waals surface area contributed by atoms with E-state index >= 15 is 0 Å². The van der Waals surface area contributed by atoms with Crippen LogP contribution < -0.4 is 5.73 Å². The second kappa shape index (κ2) is 6.36. The Morgan fingerprint density at radius 1 is 1.22 bits per heavy atom. The maximum absolute atomic E-state index is 6.13. The Hall–Kier alpha value is -0.120. The second-order valence-corrected chi connectivity index (χ2v) is 6.38. The molecule has 1 heterocycles. The van der Waals surface area contributed by atoms with Gasteiger partial charge in [0.15, 0.2) is 0 Å². The maximum atomic E-state index is 6.13. The number of nitrogens with two attached hydrogens (primary N) is 1. The molecule has 106 valence electrons. The molecule has 2 aliphatic rings. The third-order valence-electron chi connectivity index (χ3n) is 5.33. The third kappa shape index (κ3) is 3.06. The summed E-state index contributed by atoms with van der Waals surface area (Å²) in [5.41, 5.74) is 6.42. The number of hydrogen-bond donors (Lipinski definition) is 1. The molecule has 3 heteroatoms. The first-order valence-electron chi connectivity index (χ1n) is 7.69. The molecular weight excluding hydrogens is 224 g/mol. The van der Waals surface area contributed by atoms with Crippen LogP contribution in [0.1, 0.15) is 45.4 Å². The standard InChI is InChI=1S/C15H30N2O/c1-3-13-4-7-15(10-13,12-16)17(2)11-14-5-8-18-9-6-14/h13-14H,3-12,16H2,1-2H3. The van der Waals surface area contributed by atoms with E-state index in [0.717, 1.165) is 31.6 Å². The van der Waals surface area contributed by atoms with Gasteiger partial charge in [-0.3, -0.25) is 4.90 Å². The average molecular weight is 254 g/mol. The maximum Gasteiger partial charge on any atom is 0.0469 e. The lowest BCUT2D eigenvalue weighted by atomic mass is 9.90. The Kier molecular flexibility index (Phi) is 5.05. The van der Waals surface area contributed by atoms with Crippen molar-refractivity contribution in [3.8, 4) is 0 Å². The van der Waals surface area contributed by atoms with Gasteiger partial charge in [-0.15, -0.1) is 0 Å². The molecule has 2 unspecified atom stereocenters. The van der Waals surface area contributed by atoms with Gasteiger partial charge >= 0.3 is 0 Å². The minimum atomic E-state index is 0.291. The van der Waals surface area contributed by atoms with E-state index in [1.54, 1.807) is 0 Å². The zero-order valence-corrected chi connectivity index (χ0v) is 12.2. The normalized spacial score (nSPS) is 34.3. The molecule has 0 aromatic heterocycles. The Morgan fingerprint density at radius 2 is 1.94 bits per heavy atom.